The first-order valence-electron chi connectivity index (χ1n) is 12.7. The summed E-state index contributed by atoms with van der Waals surface area (Å²) in [6.45, 7) is 3.15. The third-order valence-electron chi connectivity index (χ3n) is 6.39. The van der Waals surface area contributed by atoms with Gasteiger partial charge in [-0.3, -0.25) is 9.89 Å². The fraction of sp³-hybridized carbons (Fsp3) is 0.276. The van der Waals surface area contributed by atoms with Crippen molar-refractivity contribution in [3.8, 4) is 5.88 Å². The normalized spacial score (nSPS) is 13.2. The van der Waals surface area contributed by atoms with Crippen molar-refractivity contribution in [3.63, 3.8) is 0 Å². The maximum atomic E-state index is 14.3. The molecule has 4 N–H and O–H groups in total. The Morgan fingerprint density at radius 3 is 2.48 bits per heavy atom. The number of nitrogens with zero attached hydrogens (tertiary/aromatic N) is 2. The predicted molar refractivity (Wildman–Crippen MR) is 145 cm³/mol. The van der Waals surface area contributed by atoms with E-state index in [0.717, 1.165) is 0 Å². The number of nitrogens with one attached hydrogen (secondary N) is 2. The number of nitrogens with two attached hydrogens (primary N) is 1. The fourth-order valence-electron chi connectivity index (χ4n) is 4.25. The maximum Gasteiger partial charge on any atom is 0.393 e. The third-order valence-corrected chi connectivity index (χ3v) is 6.39. The lowest BCUT2D eigenvalue weighted by Crippen LogP contribution is -2.27. The van der Waals surface area contributed by atoms with E-state index in [1.807, 2.05) is 0 Å². The van der Waals surface area contributed by atoms with Crippen LogP contribution in [0.25, 0.3) is 22.0 Å². The van der Waals surface area contributed by atoms with Gasteiger partial charge in [0.1, 0.15) is 6.61 Å². The smallest absolute Gasteiger partial charge is 0.393 e. The second-order valence-corrected chi connectivity index (χ2v) is 9.36. The zero-order chi connectivity index (χ0) is 28.7. The largest absolute Gasteiger partial charge is 0.476 e. The van der Waals surface area contributed by atoms with Crippen molar-refractivity contribution in [2.45, 2.75) is 25.9 Å². The summed E-state index contributed by atoms with van der Waals surface area (Å²) in [6.07, 6.45) is -3.65. The molecule has 1 amide bonds. The molecule has 2 aromatic carbocycles. The van der Waals surface area contributed by atoms with Crippen molar-refractivity contribution in [2.24, 2.45) is 11.7 Å². The van der Waals surface area contributed by atoms with E-state index in [9.17, 15) is 22.4 Å². The lowest BCUT2D eigenvalue weighted by molar-refractivity contribution is -0.123. The number of primary amides is 1. The number of carbonyl (C=O) groups is 1. The molecule has 0 bridgehead atoms. The van der Waals surface area contributed by atoms with Gasteiger partial charge in [0.05, 0.1) is 17.3 Å². The average Bonchev–Trinajstić information content (AvgIpc) is 3.30. The molecule has 0 spiro atoms. The first-order valence-corrected chi connectivity index (χ1v) is 12.7. The van der Waals surface area contributed by atoms with Gasteiger partial charge in [-0.1, -0.05) is 43.3 Å². The van der Waals surface area contributed by atoms with E-state index >= 15 is 0 Å². The van der Waals surface area contributed by atoms with Crippen molar-refractivity contribution >= 4 is 28.0 Å². The number of aromatic nitrogens is 3. The Labute approximate surface area is 228 Å². The van der Waals surface area contributed by atoms with Gasteiger partial charge in [-0.15, -0.1) is 0 Å². The Bertz CT molecular complexity index is 1470. The van der Waals surface area contributed by atoms with Crippen molar-refractivity contribution in [1.29, 1.82) is 0 Å². The molecule has 2 aromatic heterocycles. The summed E-state index contributed by atoms with van der Waals surface area (Å²) in [7, 11) is 0. The average molecular weight is 556 g/mol. The summed E-state index contributed by atoms with van der Waals surface area (Å²) in [6, 6.07) is 16.2. The molecule has 0 aliphatic rings. The number of H-pyrrole nitrogens is 1. The van der Waals surface area contributed by atoms with Crippen LogP contribution < -0.4 is 15.8 Å². The van der Waals surface area contributed by atoms with Crippen LogP contribution in [-0.2, 0) is 4.79 Å². The number of carbonyl (C=O) groups excluding carboxylic acids is 1. The van der Waals surface area contributed by atoms with Crippen LogP contribution in [0.15, 0.2) is 66.9 Å². The molecule has 1 atom stereocenters. The van der Waals surface area contributed by atoms with Gasteiger partial charge in [0.2, 0.25) is 17.7 Å². The lowest BCUT2D eigenvalue weighted by atomic mass is 9.88. The van der Waals surface area contributed by atoms with Gasteiger partial charge in [-0.2, -0.15) is 22.7 Å². The lowest BCUT2D eigenvalue weighted by Gasteiger charge is -2.19. The van der Waals surface area contributed by atoms with Gasteiger partial charge < -0.3 is 15.8 Å². The Balaban J connectivity index is 1.64. The standard InChI is InChI=1S/C29H29F4N5O2/c1-18(28(34)39)11-12-35-13-14-40-25-10-8-21(17-36-25)26(20-7-9-24-22(15-20)27(30)38-37-24)23(16-29(31,32)33)19-5-3-2-4-6-19/h2-10,15,17-18,35H,11-14,16H2,1H3,(H2,34,39)(H,37,38)/b26-23-. The molecule has 40 heavy (non-hydrogen) atoms. The molecule has 0 aliphatic heterocycles. The summed E-state index contributed by atoms with van der Waals surface area (Å²) in [5, 5.41) is 9.46. The van der Waals surface area contributed by atoms with Crippen LogP contribution in [0.3, 0.4) is 0 Å². The number of rotatable bonds is 12. The molecule has 0 fully saturated rings. The maximum absolute atomic E-state index is 14.3. The van der Waals surface area contributed by atoms with Gasteiger partial charge in [0.25, 0.3) is 0 Å². The summed E-state index contributed by atoms with van der Waals surface area (Å²) < 4.78 is 61.6. The van der Waals surface area contributed by atoms with E-state index in [1.165, 1.54) is 12.3 Å². The Hall–Kier alpha value is -4.25. The Morgan fingerprint density at radius 2 is 1.80 bits per heavy atom. The zero-order valence-electron chi connectivity index (χ0n) is 21.8. The van der Waals surface area contributed by atoms with Gasteiger partial charge >= 0.3 is 6.18 Å². The first-order chi connectivity index (χ1) is 19.1. The van der Waals surface area contributed by atoms with Gasteiger partial charge in [0, 0.05) is 30.3 Å². The van der Waals surface area contributed by atoms with E-state index < -0.39 is 18.5 Å². The van der Waals surface area contributed by atoms with Crippen molar-refractivity contribution in [2.75, 3.05) is 19.7 Å². The van der Waals surface area contributed by atoms with E-state index in [0.29, 0.717) is 54.2 Å². The zero-order valence-corrected chi connectivity index (χ0v) is 21.8. The van der Waals surface area contributed by atoms with Crippen LogP contribution in [0, 0.1) is 11.9 Å². The van der Waals surface area contributed by atoms with Crippen molar-refractivity contribution in [1.82, 2.24) is 20.5 Å². The molecule has 1 unspecified atom stereocenters. The summed E-state index contributed by atoms with van der Waals surface area (Å²) in [4.78, 5) is 15.4. The number of aromatic amines is 1. The number of amides is 1. The third kappa shape index (κ3) is 7.44. The minimum atomic E-state index is -4.50. The highest BCUT2D eigenvalue weighted by atomic mass is 19.4. The summed E-state index contributed by atoms with van der Waals surface area (Å²) in [5.41, 5.74) is 7.10. The molecular weight excluding hydrogens is 526 g/mol. The topological polar surface area (TPSA) is 106 Å². The molecule has 0 saturated carbocycles. The SMILES string of the molecule is CC(CCNCCOc1ccc(/C(=C(/CC(F)(F)F)c2ccccc2)c2ccc3n[nH]c(F)c3c2)cn1)C(N)=O. The number of hydrogen-bond donors (Lipinski definition) is 3. The number of pyridine rings is 1. The van der Waals surface area contributed by atoms with E-state index in [-0.39, 0.29) is 28.4 Å². The van der Waals surface area contributed by atoms with Gasteiger partial charge in [-0.05, 0) is 53.4 Å². The number of halogens is 4. The Kier molecular flexibility index (Phi) is 9.15. The number of alkyl halides is 3. The van der Waals surface area contributed by atoms with Crippen LogP contribution in [-0.4, -0.2) is 47.0 Å². The molecule has 0 aliphatic carbocycles. The second kappa shape index (κ2) is 12.7. The number of allylic oxidation sites excluding steroid dienone is 1. The molecular formula is C29H29F4N5O2. The van der Waals surface area contributed by atoms with E-state index in [4.69, 9.17) is 10.5 Å². The highest BCUT2D eigenvalue weighted by Gasteiger charge is 2.31. The molecule has 0 saturated heterocycles. The number of benzene rings is 2. The van der Waals surface area contributed by atoms with E-state index in [1.54, 1.807) is 61.5 Å². The number of fused-ring (bicyclic) bond motifs is 1. The highest BCUT2D eigenvalue weighted by Crippen LogP contribution is 2.40. The first kappa shape index (κ1) is 28.8. The molecule has 4 aromatic rings. The number of ether oxygens (including phenoxy) is 1. The molecule has 2 heterocycles. The quantitative estimate of drug-likeness (QED) is 0.122. The van der Waals surface area contributed by atoms with Crippen LogP contribution in [0.5, 0.6) is 5.88 Å². The fourth-order valence-corrected chi connectivity index (χ4v) is 4.25. The summed E-state index contributed by atoms with van der Waals surface area (Å²) >= 11 is 0. The molecule has 7 nitrogen and oxygen atoms in total. The van der Waals surface area contributed by atoms with Gasteiger partial charge in [-0.25, -0.2) is 4.98 Å². The molecule has 0 radical (unpaired) electrons. The molecule has 210 valence electrons. The Morgan fingerprint density at radius 1 is 1.05 bits per heavy atom. The molecule has 11 heteroatoms. The highest BCUT2D eigenvalue weighted by molar-refractivity contribution is 6.00. The summed E-state index contributed by atoms with van der Waals surface area (Å²) in [5.74, 6) is -0.957. The minimum absolute atomic E-state index is 0.0289. The second-order valence-electron chi connectivity index (χ2n) is 9.36. The van der Waals surface area contributed by atoms with Gasteiger partial charge in [0.15, 0.2) is 0 Å². The van der Waals surface area contributed by atoms with Crippen LogP contribution >= 0.6 is 0 Å². The van der Waals surface area contributed by atoms with Crippen LogP contribution in [0.1, 0.15) is 36.5 Å². The minimum Gasteiger partial charge on any atom is -0.476 e. The van der Waals surface area contributed by atoms with Crippen molar-refractivity contribution < 1.29 is 27.1 Å². The number of hydrogen-bond acceptors (Lipinski definition) is 5. The van der Waals surface area contributed by atoms with Crippen LogP contribution in [0.4, 0.5) is 17.6 Å². The van der Waals surface area contributed by atoms with Crippen molar-refractivity contribution in [3.05, 3.63) is 89.5 Å². The predicted octanol–water partition coefficient (Wildman–Crippen LogP) is 5.49. The molecule has 4 rings (SSSR count). The monoisotopic (exact) mass is 555 g/mol. The van der Waals surface area contributed by atoms with E-state index in [2.05, 4.69) is 20.5 Å². The van der Waals surface area contributed by atoms with Crippen LogP contribution in [0.2, 0.25) is 0 Å².